The number of rotatable bonds is 5. The molecule has 0 aliphatic rings. The Bertz CT molecular complexity index is 626. The molecule has 0 saturated carbocycles. The molecule has 0 bridgehead atoms. The number of carbonyl (C=O) groups excluding carboxylic acids is 1. The average molecular weight is 271 g/mol. The second-order valence-electron chi connectivity index (χ2n) is 4.35. The first-order valence-corrected chi connectivity index (χ1v) is 6.19. The lowest BCUT2D eigenvalue weighted by Gasteiger charge is -2.10. The first-order valence-electron chi connectivity index (χ1n) is 6.19. The van der Waals surface area contributed by atoms with Gasteiger partial charge in [0.2, 0.25) is 5.91 Å². The summed E-state index contributed by atoms with van der Waals surface area (Å²) in [6.07, 6.45) is 0. The third kappa shape index (κ3) is 3.20. The van der Waals surface area contributed by atoms with Gasteiger partial charge < -0.3 is 21.5 Å². The predicted octanol–water partition coefficient (Wildman–Crippen LogP) is 1.99. The molecular formula is C15H17N3O2. The second kappa shape index (κ2) is 5.97. The van der Waals surface area contributed by atoms with Crippen molar-refractivity contribution in [2.24, 2.45) is 5.73 Å². The maximum absolute atomic E-state index is 11.1. The molecule has 2 aromatic rings. The van der Waals surface area contributed by atoms with Crippen LogP contribution in [0.3, 0.4) is 0 Å². The van der Waals surface area contributed by atoms with Crippen molar-refractivity contribution in [3.8, 4) is 5.75 Å². The molecule has 0 aliphatic heterocycles. The summed E-state index contributed by atoms with van der Waals surface area (Å²) in [5.74, 6) is 0.223. The molecule has 0 atom stereocenters. The largest absolute Gasteiger partial charge is 0.489 e. The minimum Gasteiger partial charge on any atom is -0.489 e. The molecular weight excluding hydrogens is 254 g/mol. The van der Waals surface area contributed by atoms with E-state index >= 15 is 0 Å². The molecule has 1 amide bonds. The average Bonchev–Trinajstić information content (AvgIpc) is 2.45. The Morgan fingerprint density at radius 2 is 2.05 bits per heavy atom. The van der Waals surface area contributed by atoms with Crippen molar-refractivity contribution in [1.29, 1.82) is 0 Å². The van der Waals surface area contributed by atoms with Gasteiger partial charge in [0.1, 0.15) is 12.4 Å². The van der Waals surface area contributed by atoms with E-state index < -0.39 is 5.91 Å². The number of benzene rings is 2. The fraction of sp³-hybridized carbons (Fsp3) is 0.133. The fourth-order valence-corrected chi connectivity index (χ4v) is 1.84. The highest BCUT2D eigenvalue weighted by Gasteiger charge is 2.03. The van der Waals surface area contributed by atoms with Gasteiger partial charge >= 0.3 is 0 Å². The van der Waals surface area contributed by atoms with Crippen LogP contribution in [0.2, 0.25) is 0 Å². The molecule has 104 valence electrons. The Morgan fingerprint density at radius 1 is 1.25 bits per heavy atom. The van der Waals surface area contributed by atoms with Crippen molar-refractivity contribution in [2.75, 3.05) is 18.1 Å². The Kier molecular flexibility index (Phi) is 4.10. The van der Waals surface area contributed by atoms with E-state index in [4.69, 9.17) is 16.2 Å². The normalized spacial score (nSPS) is 10.1. The van der Waals surface area contributed by atoms with Crippen LogP contribution in [0.15, 0.2) is 42.5 Å². The number of amides is 1. The summed E-state index contributed by atoms with van der Waals surface area (Å²) in [6, 6.07) is 12.5. The monoisotopic (exact) mass is 271 g/mol. The second-order valence-corrected chi connectivity index (χ2v) is 4.35. The summed E-state index contributed by atoms with van der Waals surface area (Å²) in [5, 5.41) is 2.98. The highest BCUT2D eigenvalue weighted by molar-refractivity contribution is 5.92. The van der Waals surface area contributed by atoms with E-state index in [0.29, 0.717) is 23.6 Å². The van der Waals surface area contributed by atoms with E-state index in [-0.39, 0.29) is 0 Å². The summed E-state index contributed by atoms with van der Waals surface area (Å²) >= 11 is 0. The lowest BCUT2D eigenvalue weighted by Crippen LogP contribution is -2.11. The lowest BCUT2D eigenvalue weighted by molar-refractivity contribution is 0.1000. The molecule has 0 aromatic heterocycles. The van der Waals surface area contributed by atoms with Crippen molar-refractivity contribution in [3.05, 3.63) is 53.6 Å². The Hall–Kier alpha value is -2.69. The Balaban J connectivity index is 2.07. The number of primary amides is 1. The summed E-state index contributed by atoms with van der Waals surface area (Å²) in [5.41, 5.74) is 13.9. The first-order chi connectivity index (χ1) is 9.60. The number of nitrogen functional groups attached to an aromatic ring is 1. The van der Waals surface area contributed by atoms with E-state index in [2.05, 4.69) is 5.32 Å². The van der Waals surface area contributed by atoms with Crippen LogP contribution in [-0.4, -0.2) is 13.0 Å². The topological polar surface area (TPSA) is 90.4 Å². The Morgan fingerprint density at radius 3 is 2.70 bits per heavy atom. The van der Waals surface area contributed by atoms with Crippen molar-refractivity contribution in [3.63, 3.8) is 0 Å². The summed E-state index contributed by atoms with van der Waals surface area (Å²) in [7, 11) is 1.81. The van der Waals surface area contributed by atoms with Crippen LogP contribution >= 0.6 is 0 Å². The molecule has 5 heteroatoms. The zero-order chi connectivity index (χ0) is 14.5. The molecule has 2 aromatic carbocycles. The minimum absolute atomic E-state index is 0.347. The van der Waals surface area contributed by atoms with Gasteiger partial charge in [-0.3, -0.25) is 4.79 Å². The maximum Gasteiger partial charge on any atom is 0.248 e. The molecule has 0 aliphatic carbocycles. The quantitative estimate of drug-likeness (QED) is 0.725. The van der Waals surface area contributed by atoms with Gasteiger partial charge in [0, 0.05) is 18.7 Å². The number of carbonyl (C=O) groups is 1. The third-order valence-corrected chi connectivity index (χ3v) is 2.91. The van der Waals surface area contributed by atoms with Crippen LogP contribution in [0.4, 0.5) is 11.4 Å². The van der Waals surface area contributed by atoms with Gasteiger partial charge in [-0.15, -0.1) is 0 Å². The van der Waals surface area contributed by atoms with Crippen LogP contribution < -0.4 is 21.5 Å². The third-order valence-electron chi connectivity index (χ3n) is 2.91. The summed E-state index contributed by atoms with van der Waals surface area (Å²) < 4.78 is 5.65. The summed E-state index contributed by atoms with van der Waals surface area (Å²) in [4.78, 5) is 11.1. The Labute approximate surface area is 117 Å². The molecule has 0 saturated heterocycles. The first kappa shape index (κ1) is 13.7. The summed E-state index contributed by atoms with van der Waals surface area (Å²) in [6.45, 7) is 0.347. The zero-order valence-corrected chi connectivity index (χ0v) is 11.2. The van der Waals surface area contributed by atoms with Crippen molar-refractivity contribution >= 4 is 17.3 Å². The molecule has 0 radical (unpaired) electrons. The molecule has 0 fully saturated rings. The lowest BCUT2D eigenvalue weighted by atomic mass is 10.1. The van der Waals surface area contributed by atoms with E-state index in [1.165, 1.54) is 0 Å². The van der Waals surface area contributed by atoms with Crippen molar-refractivity contribution < 1.29 is 9.53 Å². The van der Waals surface area contributed by atoms with Gasteiger partial charge in [0.15, 0.2) is 0 Å². The predicted molar refractivity (Wildman–Crippen MR) is 79.7 cm³/mol. The van der Waals surface area contributed by atoms with Crippen LogP contribution in [0.5, 0.6) is 5.75 Å². The highest BCUT2D eigenvalue weighted by atomic mass is 16.5. The number of ether oxygens (including phenoxy) is 1. The maximum atomic E-state index is 11.1. The van der Waals surface area contributed by atoms with Crippen LogP contribution in [0.25, 0.3) is 0 Å². The molecule has 2 rings (SSSR count). The standard InChI is InChI=1S/C15H17N3O2/c1-18-14-6-5-12(8-13(14)16)20-9-10-3-2-4-11(7-10)15(17)19/h2-8,18H,9,16H2,1H3,(H2,17,19). The molecule has 5 nitrogen and oxygen atoms in total. The number of hydrogen-bond donors (Lipinski definition) is 3. The van der Waals surface area contributed by atoms with Crippen LogP contribution in [0, 0.1) is 0 Å². The van der Waals surface area contributed by atoms with Crippen LogP contribution in [-0.2, 0) is 6.61 Å². The number of hydrogen-bond acceptors (Lipinski definition) is 4. The van der Waals surface area contributed by atoms with Crippen molar-refractivity contribution in [1.82, 2.24) is 0 Å². The van der Waals surface area contributed by atoms with Gasteiger partial charge in [-0.25, -0.2) is 0 Å². The molecule has 20 heavy (non-hydrogen) atoms. The van der Waals surface area contributed by atoms with Gasteiger partial charge in [-0.1, -0.05) is 12.1 Å². The molecule has 0 unspecified atom stereocenters. The SMILES string of the molecule is CNc1ccc(OCc2cccc(C(N)=O)c2)cc1N. The van der Waals surface area contributed by atoms with E-state index in [9.17, 15) is 4.79 Å². The highest BCUT2D eigenvalue weighted by Crippen LogP contribution is 2.24. The molecule has 5 N–H and O–H groups in total. The van der Waals surface area contributed by atoms with Gasteiger partial charge in [-0.2, -0.15) is 0 Å². The zero-order valence-electron chi connectivity index (χ0n) is 11.2. The molecule has 0 heterocycles. The van der Waals surface area contributed by atoms with Crippen molar-refractivity contribution in [2.45, 2.75) is 6.61 Å². The molecule has 0 spiro atoms. The number of nitrogens with two attached hydrogens (primary N) is 2. The van der Waals surface area contributed by atoms with Gasteiger partial charge in [0.25, 0.3) is 0 Å². The minimum atomic E-state index is -0.450. The van der Waals surface area contributed by atoms with E-state index in [1.54, 1.807) is 24.3 Å². The van der Waals surface area contributed by atoms with E-state index in [1.807, 2.05) is 25.2 Å². The number of anilines is 2. The van der Waals surface area contributed by atoms with Gasteiger partial charge in [-0.05, 0) is 29.8 Å². The van der Waals surface area contributed by atoms with Gasteiger partial charge in [0.05, 0.1) is 11.4 Å². The number of nitrogens with one attached hydrogen (secondary N) is 1. The fourth-order valence-electron chi connectivity index (χ4n) is 1.84. The van der Waals surface area contributed by atoms with E-state index in [0.717, 1.165) is 11.3 Å². The smallest absolute Gasteiger partial charge is 0.248 e. The van der Waals surface area contributed by atoms with Crippen LogP contribution in [0.1, 0.15) is 15.9 Å².